The molecule has 2 aliphatic carbocycles. The van der Waals surface area contributed by atoms with Crippen molar-refractivity contribution < 1.29 is 21.3 Å². The van der Waals surface area contributed by atoms with Crippen LogP contribution in [0.15, 0.2) is 76.1 Å². The molecule has 0 saturated carbocycles. The van der Waals surface area contributed by atoms with Crippen LogP contribution in [-0.4, -0.2) is 3.21 Å². The van der Waals surface area contributed by atoms with Gasteiger partial charge in [-0.2, -0.15) is 0 Å². The Morgan fingerprint density at radius 3 is 1.34 bits per heavy atom. The molecule has 4 aromatic carbocycles. The van der Waals surface area contributed by atoms with Gasteiger partial charge < -0.3 is 0 Å². The minimum absolute atomic E-state index is 0. The number of benzene rings is 4. The van der Waals surface area contributed by atoms with Gasteiger partial charge in [-0.05, 0) is 0 Å². The summed E-state index contributed by atoms with van der Waals surface area (Å²) in [6, 6.07) is 21.4. The molecule has 4 aromatic rings. The van der Waals surface area contributed by atoms with E-state index in [-0.39, 0.29) is 46.5 Å². The second kappa shape index (κ2) is 18.7. The zero-order valence-corrected chi connectivity index (χ0v) is 43.6. The standard InChI is InChI=1S/C29H41.C17H14Cl4.C5H5.2ClH.Zr/c1-26(2,3)22-14-18-13-19-15-23(27(4,5)6)25(29(10,11)12)17-21(19)20(18)16-24(22)28(7,8)9;18-8-14-2-12(3-15(6-14)9-19)1-13-4-16(10-20)7-17(5-13)11-21;1-2-4-5-3-1;;;/h14,16-17H,13H2,1-12H3;2-7H,8-11H2;1-3H,4H2;2*1H;. The van der Waals surface area contributed by atoms with Crippen LogP contribution in [0.4, 0.5) is 0 Å². The van der Waals surface area contributed by atoms with Crippen molar-refractivity contribution in [3.05, 3.63) is 143 Å². The van der Waals surface area contributed by atoms with E-state index < -0.39 is 21.3 Å². The summed E-state index contributed by atoms with van der Waals surface area (Å²) in [6.45, 7) is 28.7. The molecular formula is C51H62Cl6Zr. The summed E-state index contributed by atoms with van der Waals surface area (Å²) in [6.07, 6.45) is 8.99. The maximum atomic E-state index is 6.68. The van der Waals surface area contributed by atoms with Crippen molar-refractivity contribution in [1.82, 2.24) is 0 Å². The van der Waals surface area contributed by atoms with Crippen molar-refractivity contribution in [1.29, 1.82) is 0 Å². The summed E-state index contributed by atoms with van der Waals surface area (Å²) in [7, 11) is 0. The summed E-state index contributed by atoms with van der Waals surface area (Å²) in [4.78, 5) is 0. The molecule has 0 unspecified atom stereocenters. The zero-order valence-electron chi connectivity index (χ0n) is 36.5. The van der Waals surface area contributed by atoms with E-state index in [0.717, 1.165) is 35.1 Å². The van der Waals surface area contributed by atoms with Gasteiger partial charge in [0, 0.05) is 0 Å². The topological polar surface area (TPSA) is 0 Å². The smallest absolute Gasteiger partial charge is 0.147 e. The number of hydrogen-bond donors (Lipinski definition) is 0. The van der Waals surface area contributed by atoms with Gasteiger partial charge in [0.25, 0.3) is 0 Å². The van der Waals surface area contributed by atoms with Crippen molar-refractivity contribution in [2.45, 2.75) is 141 Å². The molecule has 0 heterocycles. The van der Waals surface area contributed by atoms with Gasteiger partial charge in [-0.1, -0.05) is 0 Å². The van der Waals surface area contributed by atoms with Gasteiger partial charge in [-0.25, -0.2) is 0 Å². The van der Waals surface area contributed by atoms with Crippen molar-refractivity contribution in [2.75, 3.05) is 0 Å². The maximum Gasteiger partial charge on any atom is -0.147 e. The average molecular weight is 979 g/mol. The predicted molar refractivity (Wildman–Crippen MR) is 260 cm³/mol. The van der Waals surface area contributed by atoms with Crippen LogP contribution in [0.1, 0.15) is 156 Å². The minimum atomic E-state index is -3.23. The van der Waals surface area contributed by atoms with Gasteiger partial charge >= 0.3 is 369 Å². The molecular weight excluding hydrogens is 917 g/mol. The molecule has 7 heteroatoms. The first-order valence-corrected chi connectivity index (χ1v) is 25.9. The Hall–Kier alpha value is -1.15. The van der Waals surface area contributed by atoms with Crippen molar-refractivity contribution in [2.24, 2.45) is 0 Å². The van der Waals surface area contributed by atoms with E-state index in [2.05, 4.69) is 156 Å². The third kappa shape index (κ3) is 10.0. The van der Waals surface area contributed by atoms with Gasteiger partial charge in [0.05, 0.1) is 0 Å². The molecule has 2 aliphatic rings. The zero-order chi connectivity index (χ0) is 41.1. The van der Waals surface area contributed by atoms with Crippen molar-refractivity contribution in [3.63, 3.8) is 0 Å². The Bertz CT molecular complexity index is 2180. The fraction of sp³-hybridized carbons (Fsp3) is 0.431. The van der Waals surface area contributed by atoms with Crippen molar-refractivity contribution >= 4 is 77.7 Å². The number of hydrogen-bond acceptors (Lipinski definition) is 0. The van der Waals surface area contributed by atoms with Crippen LogP contribution >= 0.6 is 71.2 Å². The van der Waals surface area contributed by atoms with Gasteiger partial charge in [0.1, 0.15) is 0 Å². The van der Waals surface area contributed by atoms with E-state index in [4.69, 9.17) is 46.4 Å². The van der Waals surface area contributed by atoms with Gasteiger partial charge in [0.15, 0.2) is 0 Å². The summed E-state index contributed by atoms with van der Waals surface area (Å²) in [5.74, 6) is 1.69. The van der Waals surface area contributed by atoms with Gasteiger partial charge in [0.2, 0.25) is 0 Å². The van der Waals surface area contributed by atoms with E-state index in [1.165, 1.54) is 58.8 Å². The van der Waals surface area contributed by atoms with Crippen LogP contribution in [0.5, 0.6) is 0 Å². The van der Waals surface area contributed by atoms with Crippen LogP contribution in [0.2, 0.25) is 0 Å². The van der Waals surface area contributed by atoms with Crippen LogP contribution in [-0.2, 0) is 72.9 Å². The SMILES string of the molecule is CC(C)(C)c1cc2c(cc1C(C)(C)C)-c1cc(C(C)(C)C)c(C(C)(C)C)[c]([Zr]([C]3=CC=CC3)=[C](c3cc(CCl)cc(CCl)c3)c3cc(CCl)cc(CCl)c3)c1C2.Cl.Cl. The molecule has 0 radical (unpaired) electrons. The molecule has 0 saturated heterocycles. The van der Waals surface area contributed by atoms with Crippen LogP contribution < -0.4 is 3.27 Å². The van der Waals surface area contributed by atoms with E-state index in [0.29, 0.717) is 23.5 Å². The molecule has 312 valence electrons. The molecule has 6 rings (SSSR count). The molecule has 0 N–H and O–H groups in total. The molecule has 0 aromatic heterocycles. The molecule has 0 amide bonds. The molecule has 0 fully saturated rings. The van der Waals surface area contributed by atoms with Gasteiger partial charge in [-0.3, -0.25) is 0 Å². The first-order chi connectivity index (χ1) is 26.1. The Morgan fingerprint density at radius 1 is 0.534 bits per heavy atom. The van der Waals surface area contributed by atoms with Crippen LogP contribution in [0.25, 0.3) is 11.1 Å². The van der Waals surface area contributed by atoms with E-state index in [1.807, 2.05) is 0 Å². The normalized spacial score (nSPS) is 13.8. The molecule has 0 atom stereocenters. The fourth-order valence-electron chi connectivity index (χ4n) is 8.92. The van der Waals surface area contributed by atoms with Crippen molar-refractivity contribution in [3.8, 4) is 11.1 Å². The van der Waals surface area contributed by atoms with Crippen LogP contribution in [0, 0.1) is 0 Å². The van der Waals surface area contributed by atoms with E-state index in [1.54, 1.807) is 6.55 Å². The first kappa shape index (κ1) is 49.5. The maximum absolute atomic E-state index is 6.68. The summed E-state index contributed by atoms with van der Waals surface area (Å²) in [5.41, 5.74) is 18.3. The minimum Gasteiger partial charge on any atom is -0.147 e. The molecule has 0 spiro atoms. The third-order valence-electron chi connectivity index (χ3n) is 11.4. The molecule has 58 heavy (non-hydrogen) atoms. The van der Waals surface area contributed by atoms with E-state index >= 15 is 0 Å². The number of alkyl halides is 4. The summed E-state index contributed by atoms with van der Waals surface area (Å²) in [5, 5.41) is 0. The summed E-state index contributed by atoms with van der Waals surface area (Å²) < 4.78 is 4.65. The largest absolute Gasteiger partial charge is 0.147 e. The number of allylic oxidation sites excluding steroid dienone is 4. The average Bonchev–Trinajstić information content (AvgIpc) is 3.79. The molecule has 0 bridgehead atoms. The monoisotopic (exact) mass is 974 g/mol. The molecule has 0 nitrogen and oxygen atoms in total. The Balaban J connectivity index is 0.00000372. The first-order valence-electron chi connectivity index (χ1n) is 20.1. The Labute approximate surface area is 390 Å². The Kier molecular flexibility index (Phi) is 15.9. The Morgan fingerprint density at radius 2 is 0.966 bits per heavy atom. The van der Waals surface area contributed by atoms with Gasteiger partial charge in [-0.15, -0.1) is 24.8 Å². The number of halogens is 6. The van der Waals surface area contributed by atoms with Crippen LogP contribution in [0.3, 0.4) is 0 Å². The predicted octanol–water partition coefficient (Wildman–Crippen LogP) is 15.6. The molecule has 0 aliphatic heterocycles. The summed E-state index contributed by atoms with van der Waals surface area (Å²) >= 11 is 23.5. The third-order valence-corrected chi connectivity index (χ3v) is 20.4. The second-order valence-electron chi connectivity index (χ2n) is 20.1. The fourth-order valence-corrected chi connectivity index (χ4v) is 18.5. The number of rotatable bonds is 8. The second-order valence-corrected chi connectivity index (χ2v) is 27.1. The number of fused-ring (bicyclic) bond motifs is 3. The van der Waals surface area contributed by atoms with E-state index in [9.17, 15) is 0 Å². The quantitative estimate of drug-likeness (QED) is 0.136.